The summed E-state index contributed by atoms with van der Waals surface area (Å²) in [6, 6.07) is 9.42. The Morgan fingerprint density at radius 2 is 2.00 bits per heavy atom. The molecule has 0 aliphatic carbocycles. The van der Waals surface area contributed by atoms with Crippen molar-refractivity contribution in [1.29, 1.82) is 0 Å². The van der Waals surface area contributed by atoms with Crippen LogP contribution in [0.25, 0.3) is 11.2 Å². The van der Waals surface area contributed by atoms with Crippen molar-refractivity contribution in [3.8, 4) is 5.75 Å². The number of aromatic nitrogens is 3. The van der Waals surface area contributed by atoms with Crippen molar-refractivity contribution in [2.24, 2.45) is 0 Å². The predicted octanol–water partition coefficient (Wildman–Crippen LogP) is 3.67. The smallest absolute Gasteiger partial charge is 0.449 e. The van der Waals surface area contributed by atoms with Crippen LogP contribution in [0.5, 0.6) is 5.75 Å². The van der Waals surface area contributed by atoms with Gasteiger partial charge in [-0.05, 0) is 30.7 Å². The number of halogens is 3. The molecule has 0 atom stereocenters. The molecule has 2 aromatic heterocycles. The molecule has 0 spiro atoms. The molecule has 2 N–H and O–H groups in total. The third kappa shape index (κ3) is 4.33. The molecule has 0 unspecified atom stereocenters. The van der Waals surface area contributed by atoms with E-state index in [0.717, 1.165) is 4.57 Å². The lowest BCUT2D eigenvalue weighted by molar-refractivity contribution is -0.147. The number of para-hydroxylation sites is 2. The second kappa shape index (κ2) is 8.15. The van der Waals surface area contributed by atoms with Gasteiger partial charge in [0.25, 0.3) is 0 Å². The fourth-order valence-corrected chi connectivity index (χ4v) is 2.74. The molecule has 1 aromatic carbocycles. The Balaban J connectivity index is 1.60. The van der Waals surface area contributed by atoms with Gasteiger partial charge in [0.15, 0.2) is 5.65 Å². The number of pyridine rings is 1. The summed E-state index contributed by atoms with van der Waals surface area (Å²) in [6.45, 7) is 0.183. The van der Waals surface area contributed by atoms with Gasteiger partial charge in [0.1, 0.15) is 11.3 Å². The van der Waals surface area contributed by atoms with Crippen LogP contribution in [0.3, 0.4) is 0 Å². The van der Waals surface area contributed by atoms with Gasteiger partial charge in [-0.25, -0.2) is 14.8 Å². The lowest BCUT2D eigenvalue weighted by Crippen LogP contribution is -2.30. The van der Waals surface area contributed by atoms with E-state index in [2.05, 4.69) is 20.6 Å². The van der Waals surface area contributed by atoms with Gasteiger partial charge >= 0.3 is 12.2 Å². The van der Waals surface area contributed by atoms with Gasteiger partial charge in [-0.15, -0.1) is 0 Å². The number of imidazole rings is 1. The number of hydrogen-bond acceptors (Lipinski definition) is 4. The minimum atomic E-state index is -4.59. The third-order valence-corrected chi connectivity index (χ3v) is 3.96. The van der Waals surface area contributed by atoms with E-state index < -0.39 is 18.0 Å². The van der Waals surface area contributed by atoms with Crippen LogP contribution >= 0.6 is 0 Å². The average molecular weight is 393 g/mol. The number of alkyl halides is 3. The van der Waals surface area contributed by atoms with E-state index in [4.69, 9.17) is 4.74 Å². The number of fused-ring (bicyclic) bond motifs is 1. The van der Waals surface area contributed by atoms with E-state index in [1.165, 1.54) is 25.4 Å². The molecule has 28 heavy (non-hydrogen) atoms. The quantitative estimate of drug-likeness (QED) is 0.626. The molecule has 0 fully saturated rings. The van der Waals surface area contributed by atoms with Crippen LogP contribution in [0, 0.1) is 0 Å². The molecule has 0 saturated carbocycles. The summed E-state index contributed by atoms with van der Waals surface area (Å²) in [6.07, 6.45) is -2.90. The van der Waals surface area contributed by atoms with Crippen LogP contribution in [0.1, 0.15) is 12.2 Å². The zero-order chi connectivity index (χ0) is 20.1. The van der Waals surface area contributed by atoms with Crippen molar-refractivity contribution < 1.29 is 22.7 Å². The Hall–Kier alpha value is -3.30. The first-order valence-electron chi connectivity index (χ1n) is 8.46. The molecule has 3 aromatic rings. The van der Waals surface area contributed by atoms with Gasteiger partial charge in [0.05, 0.1) is 12.8 Å². The maximum atomic E-state index is 13.2. The molecule has 148 valence electrons. The van der Waals surface area contributed by atoms with Crippen molar-refractivity contribution in [3.05, 3.63) is 48.4 Å². The van der Waals surface area contributed by atoms with Gasteiger partial charge in [0, 0.05) is 19.3 Å². The van der Waals surface area contributed by atoms with Crippen LogP contribution in [-0.4, -0.2) is 34.2 Å². The lowest BCUT2D eigenvalue weighted by atomic mass is 10.3. The summed E-state index contributed by atoms with van der Waals surface area (Å²) < 4.78 is 45.9. The second-order valence-electron chi connectivity index (χ2n) is 5.87. The van der Waals surface area contributed by atoms with Crippen LogP contribution in [0.4, 0.5) is 23.7 Å². The van der Waals surface area contributed by atoms with E-state index >= 15 is 0 Å². The van der Waals surface area contributed by atoms with E-state index in [0.29, 0.717) is 11.4 Å². The van der Waals surface area contributed by atoms with E-state index in [-0.39, 0.29) is 30.7 Å². The summed E-state index contributed by atoms with van der Waals surface area (Å²) in [7, 11) is 1.49. The fraction of sp³-hybridized carbons (Fsp3) is 0.278. The Bertz CT molecular complexity index is 971. The van der Waals surface area contributed by atoms with Crippen LogP contribution in [0.15, 0.2) is 42.6 Å². The van der Waals surface area contributed by atoms with Crippen LogP contribution in [0.2, 0.25) is 0 Å². The molecule has 3 rings (SSSR count). The second-order valence-corrected chi connectivity index (χ2v) is 5.87. The summed E-state index contributed by atoms with van der Waals surface area (Å²) in [5.41, 5.74) is 0.830. The van der Waals surface area contributed by atoms with Crippen molar-refractivity contribution >= 4 is 22.9 Å². The van der Waals surface area contributed by atoms with Gasteiger partial charge < -0.3 is 19.9 Å². The van der Waals surface area contributed by atoms with Gasteiger partial charge in [-0.1, -0.05) is 12.1 Å². The number of nitrogens with zero attached hydrogens (tertiary/aromatic N) is 3. The Morgan fingerprint density at radius 1 is 1.21 bits per heavy atom. The highest BCUT2D eigenvalue weighted by molar-refractivity contribution is 5.90. The molecular formula is C18H18F3N5O2. The predicted molar refractivity (Wildman–Crippen MR) is 97.2 cm³/mol. The molecule has 0 bridgehead atoms. The van der Waals surface area contributed by atoms with Crippen LogP contribution < -0.4 is 15.4 Å². The molecule has 0 saturated heterocycles. The first kappa shape index (κ1) is 19.5. The molecule has 0 aliphatic heterocycles. The van der Waals surface area contributed by atoms with Gasteiger partial charge in [-0.3, -0.25) is 0 Å². The minimum absolute atomic E-state index is 0.0112. The Morgan fingerprint density at radius 3 is 2.75 bits per heavy atom. The Kier molecular flexibility index (Phi) is 5.67. The largest absolute Gasteiger partial charge is 0.495 e. The Labute approximate surface area is 158 Å². The highest BCUT2D eigenvalue weighted by Gasteiger charge is 2.37. The molecule has 0 radical (unpaired) electrons. The minimum Gasteiger partial charge on any atom is -0.495 e. The number of ether oxygens (including phenoxy) is 1. The number of carbonyl (C=O) groups is 1. The molecule has 7 nitrogen and oxygen atoms in total. The first-order chi connectivity index (χ1) is 13.4. The highest BCUT2D eigenvalue weighted by Crippen LogP contribution is 2.31. The number of nitrogens with one attached hydrogen (secondary N) is 2. The number of rotatable bonds is 6. The lowest BCUT2D eigenvalue weighted by Gasteiger charge is -2.12. The van der Waals surface area contributed by atoms with E-state index in [1.807, 2.05) is 0 Å². The molecule has 2 heterocycles. The number of carbonyl (C=O) groups excluding carboxylic acids is 1. The first-order valence-corrected chi connectivity index (χ1v) is 8.46. The molecule has 0 aliphatic rings. The maximum absolute atomic E-state index is 13.2. The van der Waals surface area contributed by atoms with Crippen molar-refractivity contribution in [1.82, 2.24) is 19.9 Å². The number of aryl methyl sites for hydroxylation is 1. The number of urea groups is 1. The van der Waals surface area contributed by atoms with Crippen LogP contribution in [-0.2, 0) is 12.7 Å². The zero-order valence-corrected chi connectivity index (χ0v) is 15.0. The van der Waals surface area contributed by atoms with E-state index in [9.17, 15) is 18.0 Å². The van der Waals surface area contributed by atoms with Crippen molar-refractivity contribution in [2.75, 3.05) is 19.0 Å². The molecule has 10 heteroatoms. The SMILES string of the molecule is COc1ccccc1NC(=O)NCCCn1c(C(F)(F)F)nc2cccnc21. The standard InChI is InChI=1S/C18H18F3N5O2/c1-28-14-8-3-2-6-12(14)25-17(27)23-10-5-11-26-15-13(7-4-9-22-15)24-16(26)18(19,20)21/h2-4,6-9H,5,10-11H2,1H3,(H2,23,25,27). The average Bonchev–Trinajstić information content (AvgIpc) is 3.05. The topological polar surface area (TPSA) is 81.1 Å². The maximum Gasteiger partial charge on any atom is 0.449 e. The fourth-order valence-electron chi connectivity index (χ4n) is 2.74. The third-order valence-electron chi connectivity index (χ3n) is 3.96. The van der Waals surface area contributed by atoms with Gasteiger partial charge in [0.2, 0.25) is 5.82 Å². The van der Waals surface area contributed by atoms with E-state index in [1.54, 1.807) is 24.3 Å². The van der Waals surface area contributed by atoms with Gasteiger partial charge in [-0.2, -0.15) is 13.2 Å². The molecular weight excluding hydrogens is 375 g/mol. The monoisotopic (exact) mass is 393 g/mol. The summed E-state index contributed by atoms with van der Waals surface area (Å²) >= 11 is 0. The number of methoxy groups -OCH3 is 1. The number of benzene rings is 1. The van der Waals surface area contributed by atoms with Crippen molar-refractivity contribution in [2.45, 2.75) is 19.1 Å². The number of anilines is 1. The number of amides is 2. The normalized spacial score (nSPS) is 11.4. The summed E-state index contributed by atoms with van der Waals surface area (Å²) in [5, 5.41) is 5.24. The van der Waals surface area contributed by atoms with Crippen molar-refractivity contribution in [3.63, 3.8) is 0 Å². The zero-order valence-electron chi connectivity index (χ0n) is 15.0. The molecule has 2 amide bonds. The summed E-state index contributed by atoms with van der Waals surface area (Å²) in [4.78, 5) is 19.6. The number of hydrogen-bond donors (Lipinski definition) is 2. The highest BCUT2D eigenvalue weighted by atomic mass is 19.4. The summed E-state index contributed by atoms with van der Waals surface area (Å²) in [5.74, 6) is -0.497.